The minimum Gasteiger partial charge on any atom is -0.353 e. The van der Waals surface area contributed by atoms with Crippen LogP contribution in [0.25, 0.3) is 0 Å². The second-order valence-corrected chi connectivity index (χ2v) is 3.64. The summed E-state index contributed by atoms with van der Waals surface area (Å²) in [7, 11) is 0. The number of benzene rings is 1. The van der Waals surface area contributed by atoms with Crippen LogP contribution in [-0.2, 0) is 9.59 Å². The smallest absolute Gasteiger partial charge is 0.244 e. The van der Waals surface area contributed by atoms with E-state index in [9.17, 15) is 9.59 Å². The van der Waals surface area contributed by atoms with Gasteiger partial charge in [-0.2, -0.15) is 0 Å². The van der Waals surface area contributed by atoms with Crippen molar-refractivity contribution in [3.05, 3.63) is 23.2 Å². The lowest BCUT2D eigenvalue weighted by Crippen LogP contribution is -2.39. The molecule has 0 aromatic heterocycles. The molecule has 0 radical (unpaired) electrons. The fourth-order valence-corrected chi connectivity index (χ4v) is 1.81. The molecule has 0 unspecified atom stereocenters. The Bertz CT molecular complexity index is 420. The third kappa shape index (κ3) is 1.80. The third-order valence-electron chi connectivity index (χ3n) is 2.23. The van der Waals surface area contributed by atoms with Gasteiger partial charge in [0.1, 0.15) is 6.29 Å². The summed E-state index contributed by atoms with van der Waals surface area (Å²) in [4.78, 5) is 23.5. The first kappa shape index (κ1) is 9.98. The van der Waals surface area contributed by atoms with Crippen LogP contribution in [-0.4, -0.2) is 25.3 Å². The van der Waals surface area contributed by atoms with Crippen molar-refractivity contribution in [2.45, 2.75) is 0 Å². The molecule has 0 atom stereocenters. The highest BCUT2D eigenvalue weighted by Crippen LogP contribution is 2.35. The fraction of sp³-hybridized carbons (Fsp3) is 0.200. The Balaban J connectivity index is 2.45. The molecule has 1 heterocycles. The van der Waals surface area contributed by atoms with E-state index in [2.05, 4.69) is 5.32 Å². The van der Waals surface area contributed by atoms with Gasteiger partial charge in [0.05, 0.1) is 29.5 Å². The highest BCUT2D eigenvalue weighted by atomic mass is 35.5. The molecule has 0 bridgehead atoms. The van der Waals surface area contributed by atoms with E-state index in [0.717, 1.165) is 12.0 Å². The second kappa shape index (κ2) is 3.90. The number of para-hydroxylation sites is 1. The number of nitrogens with one attached hydrogen (secondary N) is 1. The van der Waals surface area contributed by atoms with Crippen molar-refractivity contribution in [1.82, 2.24) is 0 Å². The predicted molar refractivity (Wildman–Crippen MR) is 58.4 cm³/mol. The van der Waals surface area contributed by atoms with E-state index in [1.165, 1.54) is 0 Å². The molecule has 4 nitrogen and oxygen atoms in total. The molecule has 0 saturated carbocycles. The Morgan fingerprint density at radius 2 is 2.33 bits per heavy atom. The van der Waals surface area contributed by atoms with E-state index in [4.69, 9.17) is 11.6 Å². The van der Waals surface area contributed by atoms with Crippen LogP contribution in [0.4, 0.5) is 11.4 Å². The number of carbonyl (C=O) groups is 2. The zero-order chi connectivity index (χ0) is 10.8. The van der Waals surface area contributed by atoms with Gasteiger partial charge >= 0.3 is 0 Å². The van der Waals surface area contributed by atoms with Crippen LogP contribution < -0.4 is 10.2 Å². The first-order valence-electron chi connectivity index (χ1n) is 4.49. The van der Waals surface area contributed by atoms with Crippen LogP contribution in [0.15, 0.2) is 18.2 Å². The average molecular weight is 225 g/mol. The largest absolute Gasteiger partial charge is 0.353 e. The summed E-state index contributed by atoms with van der Waals surface area (Å²) >= 11 is 5.94. The molecule has 0 saturated heterocycles. The van der Waals surface area contributed by atoms with E-state index in [1.807, 2.05) is 6.07 Å². The number of rotatable bonds is 2. The molecule has 1 aliphatic rings. The first-order valence-corrected chi connectivity index (χ1v) is 4.87. The van der Waals surface area contributed by atoms with Crippen molar-refractivity contribution < 1.29 is 9.59 Å². The van der Waals surface area contributed by atoms with E-state index in [1.54, 1.807) is 17.0 Å². The van der Waals surface area contributed by atoms with Gasteiger partial charge in [0, 0.05) is 0 Å². The highest BCUT2D eigenvalue weighted by molar-refractivity contribution is 6.34. The van der Waals surface area contributed by atoms with Crippen LogP contribution in [0.3, 0.4) is 0 Å². The minimum atomic E-state index is -0.155. The maximum atomic E-state index is 11.3. The number of hydrogen-bond acceptors (Lipinski definition) is 3. The number of hydrogen-bond donors (Lipinski definition) is 1. The Hall–Kier alpha value is -1.55. The zero-order valence-electron chi connectivity index (χ0n) is 7.87. The number of aldehydes is 1. The highest BCUT2D eigenvalue weighted by Gasteiger charge is 2.22. The van der Waals surface area contributed by atoms with E-state index in [-0.39, 0.29) is 19.0 Å². The number of halogens is 1. The minimum absolute atomic E-state index is 0.155. The lowest BCUT2D eigenvalue weighted by molar-refractivity contribution is -0.115. The van der Waals surface area contributed by atoms with Gasteiger partial charge in [-0.05, 0) is 12.1 Å². The molecule has 1 amide bonds. The molecule has 15 heavy (non-hydrogen) atoms. The van der Waals surface area contributed by atoms with Crippen LogP contribution >= 0.6 is 11.6 Å². The summed E-state index contributed by atoms with van der Waals surface area (Å²) in [6.07, 6.45) is 0.767. The van der Waals surface area contributed by atoms with E-state index < -0.39 is 0 Å². The zero-order valence-corrected chi connectivity index (χ0v) is 8.62. The van der Waals surface area contributed by atoms with Gasteiger partial charge in [-0.15, -0.1) is 0 Å². The molecular weight excluding hydrogens is 216 g/mol. The van der Waals surface area contributed by atoms with Gasteiger partial charge in [-0.3, -0.25) is 4.79 Å². The quantitative estimate of drug-likeness (QED) is 0.771. The monoisotopic (exact) mass is 224 g/mol. The lowest BCUT2D eigenvalue weighted by atomic mass is 10.2. The number of anilines is 2. The van der Waals surface area contributed by atoms with Gasteiger partial charge in [0.15, 0.2) is 0 Å². The summed E-state index contributed by atoms with van der Waals surface area (Å²) in [5, 5.41) is 3.17. The number of fused-ring (bicyclic) bond motifs is 1. The number of carbonyl (C=O) groups excluding carboxylic acids is 2. The maximum absolute atomic E-state index is 11.3. The first-order chi connectivity index (χ1) is 7.22. The molecule has 1 N–H and O–H groups in total. The fourth-order valence-electron chi connectivity index (χ4n) is 1.59. The van der Waals surface area contributed by atoms with Crippen molar-refractivity contribution in [3.8, 4) is 0 Å². The Kier molecular flexibility index (Phi) is 2.60. The summed E-state index contributed by atoms with van der Waals surface area (Å²) in [5.41, 5.74) is 1.37. The van der Waals surface area contributed by atoms with Gasteiger partial charge in [0.2, 0.25) is 5.91 Å². The molecule has 0 fully saturated rings. The molecule has 1 aliphatic heterocycles. The van der Waals surface area contributed by atoms with Gasteiger partial charge in [-0.25, -0.2) is 0 Å². The van der Waals surface area contributed by atoms with Gasteiger partial charge in [0.25, 0.3) is 0 Å². The summed E-state index contributed by atoms with van der Waals surface area (Å²) in [6.45, 7) is 0.382. The maximum Gasteiger partial charge on any atom is 0.244 e. The number of amides is 1. The van der Waals surface area contributed by atoms with Crippen LogP contribution in [0.1, 0.15) is 0 Å². The van der Waals surface area contributed by atoms with E-state index in [0.29, 0.717) is 10.7 Å². The van der Waals surface area contributed by atoms with Crippen molar-refractivity contribution in [3.63, 3.8) is 0 Å². The topological polar surface area (TPSA) is 49.4 Å². The number of nitrogens with zero attached hydrogens (tertiary/aromatic N) is 1. The van der Waals surface area contributed by atoms with Gasteiger partial charge in [-0.1, -0.05) is 17.7 Å². The second-order valence-electron chi connectivity index (χ2n) is 3.23. The molecule has 0 aliphatic carbocycles. The molecule has 5 heteroatoms. The van der Waals surface area contributed by atoms with Crippen LogP contribution in [0, 0.1) is 0 Å². The van der Waals surface area contributed by atoms with Gasteiger partial charge < -0.3 is 15.0 Å². The third-order valence-corrected chi connectivity index (χ3v) is 2.54. The molecule has 1 aromatic carbocycles. The van der Waals surface area contributed by atoms with Crippen LogP contribution in [0.2, 0.25) is 5.02 Å². The Labute approximate surface area is 91.8 Å². The predicted octanol–water partition coefficient (Wildman–Crippen LogP) is 1.30. The molecule has 1 aromatic rings. The Morgan fingerprint density at radius 1 is 1.53 bits per heavy atom. The van der Waals surface area contributed by atoms with Crippen molar-refractivity contribution in [1.29, 1.82) is 0 Å². The lowest BCUT2D eigenvalue weighted by Gasteiger charge is -2.29. The molecule has 2 rings (SSSR count). The summed E-state index contributed by atoms with van der Waals surface area (Å²) in [6, 6.07) is 5.31. The molecule has 0 spiro atoms. The SMILES string of the molecule is O=CCN1CC(=O)Nc2c(Cl)cccc21. The standard InChI is InChI=1S/C10H9ClN2O2/c11-7-2-1-3-8-10(7)12-9(15)6-13(8)4-5-14/h1-3,5H,4,6H2,(H,12,15). The van der Waals surface area contributed by atoms with Crippen molar-refractivity contribution in [2.75, 3.05) is 23.3 Å². The summed E-state index contributed by atoms with van der Waals surface area (Å²) < 4.78 is 0. The van der Waals surface area contributed by atoms with Crippen LogP contribution in [0.5, 0.6) is 0 Å². The van der Waals surface area contributed by atoms with E-state index >= 15 is 0 Å². The normalized spacial score (nSPS) is 14.5. The Morgan fingerprint density at radius 3 is 3.07 bits per heavy atom. The summed E-state index contributed by atoms with van der Waals surface area (Å²) in [5.74, 6) is -0.155. The van der Waals surface area contributed by atoms with Crippen molar-refractivity contribution >= 4 is 35.2 Å². The molecular formula is C10H9ClN2O2. The van der Waals surface area contributed by atoms with Crippen molar-refractivity contribution in [2.24, 2.45) is 0 Å². The molecule has 78 valence electrons. The average Bonchev–Trinajstić information content (AvgIpc) is 2.20.